The summed E-state index contributed by atoms with van der Waals surface area (Å²) in [5.41, 5.74) is 1.41. The molecule has 0 aliphatic heterocycles. The molecule has 0 saturated carbocycles. The van der Waals surface area contributed by atoms with Crippen LogP contribution in [0.3, 0.4) is 0 Å². The second-order valence-corrected chi connectivity index (χ2v) is 3.47. The summed E-state index contributed by atoms with van der Waals surface area (Å²) in [6.07, 6.45) is 1.57. The molecule has 78 valence electrons. The van der Waals surface area contributed by atoms with E-state index in [0.29, 0.717) is 11.1 Å². The third-order valence-electron chi connectivity index (χ3n) is 2.51. The summed E-state index contributed by atoms with van der Waals surface area (Å²) < 4.78 is 5.24. The maximum atomic E-state index is 10.8. The van der Waals surface area contributed by atoms with E-state index in [2.05, 4.69) is 4.98 Å². The van der Waals surface area contributed by atoms with Gasteiger partial charge in [-0.1, -0.05) is 6.07 Å². The van der Waals surface area contributed by atoms with Crippen LogP contribution >= 0.6 is 0 Å². The van der Waals surface area contributed by atoms with Crippen LogP contribution in [0.15, 0.2) is 41.0 Å². The number of carboxylic acid groups (broad SMARTS) is 1. The normalized spacial score (nSPS) is 11.0. The van der Waals surface area contributed by atoms with Gasteiger partial charge < -0.3 is 9.52 Å². The topological polar surface area (TPSA) is 63.3 Å². The molecule has 0 aliphatic rings. The quantitative estimate of drug-likeness (QED) is 0.675. The van der Waals surface area contributed by atoms with Crippen molar-refractivity contribution in [3.05, 3.63) is 42.3 Å². The molecule has 0 aliphatic carbocycles. The van der Waals surface area contributed by atoms with Gasteiger partial charge in [-0.2, -0.15) is 0 Å². The minimum atomic E-state index is -1.03. The Morgan fingerprint density at radius 1 is 1.19 bits per heavy atom. The Bertz CT molecular complexity index is 700. The first kappa shape index (κ1) is 8.91. The van der Waals surface area contributed by atoms with Gasteiger partial charge in [-0.05, 0) is 24.3 Å². The van der Waals surface area contributed by atoms with E-state index in [-0.39, 0.29) is 5.69 Å². The summed E-state index contributed by atoms with van der Waals surface area (Å²) in [6.45, 7) is 0. The lowest BCUT2D eigenvalue weighted by molar-refractivity contribution is 0.0691. The molecule has 0 bridgehead atoms. The number of hydrogen-bond acceptors (Lipinski definition) is 3. The first-order valence-corrected chi connectivity index (χ1v) is 4.76. The third kappa shape index (κ3) is 1.16. The van der Waals surface area contributed by atoms with Crippen molar-refractivity contribution in [3.63, 3.8) is 0 Å². The number of hydrogen-bond donors (Lipinski definition) is 1. The Hall–Kier alpha value is -2.36. The molecule has 4 heteroatoms. The number of benzene rings is 1. The molecule has 0 unspecified atom stereocenters. The molecular weight excluding hydrogens is 206 g/mol. The van der Waals surface area contributed by atoms with Crippen LogP contribution in [0.2, 0.25) is 0 Å². The molecule has 0 fully saturated rings. The van der Waals surface area contributed by atoms with Crippen LogP contribution < -0.4 is 0 Å². The molecule has 2 heterocycles. The second-order valence-electron chi connectivity index (χ2n) is 3.47. The molecule has 0 spiro atoms. The largest absolute Gasteiger partial charge is 0.477 e. The van der Waals surface area contributed by atoms with Gasteiger partial charge in [0.1, 0.15) is 11.3 Å². The van der Waals surface area contributed by atoms with Gasteiger partial charge >= 0.3 is 5.97 Å². The lowest BCUT2D eigenvalue weighted by Crippen LogP contribution is -1.99. The minimum absolute atomic E-state index is 0.0428. The lowest BCUT2D eigenvalue weighted by atomic mass is 10.1. The van der Waals surface area contributed by atoms with Crippen molar-refractivity contribution in [3.8, 4) is 0 Å². The zero-order valence-corrected chi connectivity index (χ0v) is 8.18. The summed E-state index contributed by atoms with van der Waals surface area (Å²) >= 11 is 0. The fourth-order valence-electron chi connectivity index (χ4n) is 1.75. The number of carbonyl (C=O) groups is 1. The summed E-state index contributed by atoms with van der Waals surface area (Å²) in [5, 5.41) is 10.6. The predicted octanol–water partition coefficient (Wildman–Crippen LogP) is 2.68. The molecule has 1 aromatic carbocycles. The number of nitrogens with zero attached hydrogens (tertiary/aromatic N) is 1. The SMILES string of the molecule is O=C(O)c1ccc2ccc3occc3c2n1. The monoisotopic (exact) mass is 213 g/mol. The zero-order valence-electron chi connectivity index (χ0n) is 8.18. The number of pyridine rings is 1. The van der Waals surface area contributed by atoms with E-state index in [9.17, 15) is 4.79 Å². The zero-order chi connectivity index (χ0) is 11.1. The van der Waals surface area contributed by atoms with Crippen molar-refractivity contribution in [2.75, 3.05) is 0 Å². The number of fused-ring (bicyclic) bond motifs is 3. The van der Waals surface area contributed by atoms with Crippen molar-refractivity contribution in [2.24, 2.45) is 0 Å². The molecule has 0 amide bonds. The number of aromatic carboxylic acids is 1. The van der Waals surface area contributed by atoms with E-state index in [1.54, 1.807) is 18.4 Å². The number of aromatic nitrogens is 1. The summed E-state index contributed by atoms with van der Waals surface area (Å²) in [6, 6.07) is 8.74. The number of carboxylic acids is 1. The number of furan rings is 1. The van der Waals surface area contributed by atoms with Crippen LogP contribution in [-0.2, 0) is 0 Å². The molecule has 0 saturated heterocycles. The standard InChI is InChI=1S/C12H7NO3/c14-12(15)9-3-1-7-2-4-10-8(5-6-16-10)11(7)13-9/h1-6H,(H,14,15). The van der Waals surface area contributed by atoms with Crippen molar-refractivity contribution < 1.29 is 14.3 Å². The Balaban J connectivity index is 2.46. The van der Waals surface area contributed by atoms with Gasteiger partial charge in [0.2, 0.25) is 0 Å². The average molecular weight is 213 g/mol. The van der Waals surface area contributed by atoms with E-state index in [1.807, 2.05) is 12.1 Å². The smallest absolute Gasteiger partial charge is 0.354 e. The van der Waals surface area contributed by atoms with Crippen LogP contribution in [0.1, 0.15) is 10.5 Å². The fourth-order valence-corrected chi connectivity index (χ4v) is 1.75. The van der Waals surface area contributed by atoms with Gasteiger partial charge in [0.25, 0.3) is 0 Å². The van der Waals surface area contributed by atoms with Crippen molar-refractivity contribution in [2.45, 2.75) is 0 Å². The minimum Gasteiger partial charge on any atom is -0.477 e. The molecule has 3 aromatic rings. The molecule has 0 radical (unpaired) electrons. The van der Waals surface area contributed by atoms with E-state index < -0.39 is 5.97 Å². The van der Waals surface area contributed by atoms with Gasteiger partial charge in [0.15, 0.2) is 0 Å². The molecule has 1 N–H and O–H groups in total. The molecule has 2 aromatic heterocycles. The van der Waals surface area contributed by atoms with Crippen LogP contribution in [0.5, 0.6) is 0 Å². The van der Waals surface area contributed by atoms with Gasteiger partial charge in [-0.25, -0.2) is 9.78 Å². The molecule has 16 heavy (non-hydrogen) atoms. The first-order valence-electron chi connectivity index (χ1n) is 4.76. The Morgan fingerprint density at radius 2 is 2.00 bits per heavy atom. The Labute approximate surface area is 90.1 Å². The van der Waals surface area contributed by atoms with Gasteiger partial charge in [-0.3, -0.25) is 0 Å². The van der Waals surface area contributed by atoms with Crippen molar-refractivity contribution in [1.29, 1.82) is 0 Å². The Kier molecular flexibility index (Phi) is 1.71. The summed E-state index contributed by atoms with van der Waals surface area (Å²) in [7, 11) is 0. The number of rotatable bonds is 1. The molecule has 4 nitrogen and oxygen atoms in total. The van der Waals surface area contributed by atoms with Gasteiger partial charge in [0, 0.05) is 10.8 Å². The van der Waals surface area contributed by atoms with E-state index >= 15 is 0 Å². The lowest BCUT2D eigenvalue weighted by Gasteiger charge is -1.99. The van der Waals surface area contributed by atoms with E-state index in [1.165, 1.54) is 6.07 Å². The van der Waals surface area contributed by atoms with Crippen LogP contribution in [0.4, 0.5) is 0 Å². The Morgan fingerprint density at radius 3 is 2.81 bits per heavy atom. The predicted molar refractivity (Wildman–Crippen MR) is 58.5 cm³/mol. The highest BCUT2D eigenvalue weighted by Gasteiger charge is 2.08. The average Bonchev–Trinajstić information content (AvgIpc) is 2.76. The highest BCUT2D eigenvalue weighted by molar-refractivity contribution is 6.04. The highest BCUT2D eigenvalue weighted by Crippen LogP contribution is 2.24. The van der Waals surface area contributed by atoms with Crippen LogP contribution in [-0.4, -0.2) is 16.1 Å². The van der Waals surface area contributed by atoms with Crippen molar-refractivity contribution >= 4 is 27.8 Å². The van der Waals surface area contributed by atoms with E-state index in [0.717, 1.165) is 10.8 Å². The fraction of sp³-hybridized carbons (Fsp3) is 0. The first-order chi connectivity index (χ1) is 7.75. The maximum Gasteiger partial charge on any atom is 0.354 e. The van der Waals surface area contributed by atoms with Gasteiger partial charge in [-0.15, -0.1) is 0 Å². The summed E-state index contributed by atoms with van der Waals surface area (Å²) in [4.78, 5) is 14.9. The second kappa shape index (κ2) is 3.06. The van der Waals surface area contributed by atoms with Crippen molar-refractivity contribution in [1.82, 2.24) is 4.98 Å². The third-order valence-corrected chi connectivity index (χ3v) is 2.51. The molecule has 3 rings (SSSR count). The summed E-state index contributed by atoms with van der Waals surface area (Å²) in [5.74, 6) is -1.03. The van der Waals surface area contributed by atoms with Crippen LogP contribution in [0.25, 0.3) is 21.9 Å². The van der Waals surface area contributed by atoms with E-state index in [4.69, 9.17) is 9.52 Å². The molecular formula is C12H7NO3. The van der Waals surface area contributed by atoms with Gasteiger partial charge in [0.05, 0.1) is 11.8 Å². The molecule has 0 atom stereocenters. The van der Waals surface area contributed by atoms with Crippen LogP contribution in [0, 0.1) is 0 Å². The highest BCUT2D eigenvalue weighted by atomic mass is 16.4. The maximum absolute atomic E-state index is 10.8.